The van der Waals surface area contributed by atoms with Gasteiger partial charge >= 0.3 is 6.03 Å². The van der Waals surface area contributed by atoms with Crippen molar-refractivity contribution in [3.8, 4) is 23.0 Å². The fraction of sp³-hybridized carbons (Fsp3) is 0.440. The molecule has 3 N–H and O–H groups in total. The molecule has 0 aliphatic carbocycles. The predicted molar refractivity (Wildman–Crippen MR) is 133 cm³/mol. The van der Waals surface area contributed by atoms with E-state index in [-0.39, 0.29) is 32.0 Å². The Bertz CT molecular complexity index is 1390. The van der Waals surface area contributed by atoms with Crippen molar-refractivity contribution in [1.82, 2.24) is 19.8 Å². The molecule has 0 saturated carbocycles. The van der Waals surface area contributed by atoms with Gasteiger partial charge in [-0.05, 0) is 31.5 Å². The number of halogens is 1. The van der Waals surface area contributed by atoms with Gasteiger partial charge in [-0.15, -0.1) is 0 Å². The van der Waals surface area contributed by atoms with E-state index in [1.807, 2.05) is 0 Å². The van der Waals surface area contributed by atoms with E-state index >= 15 is 0 Å². The highest BCUT2D eigenvalue weighted by molar-refractivity contribution is 7.92. The fourth-order valence-electron chi connectivity index (χ4n) is 4.48. The molecular weight excluding hydrogens is 503 g/mol. The van der Waals surface area contributed by atoms with E-state index in [1.54, 1.807) is 18.2 Å². The summed E-state index contributed by atoms with van der Waals surface area (Å²) in [6.07, 6.45) is 2.22. The first-order chi connectivity index (χ1) is 17.5. The number of nitrogens with one attached hydrogen (secondary N) is 1. The van der Waals surface area contributed by atoms with Crippen molar-refractivity contribution < 1.29 is 32.7 Å². The van der Waals surface area contributed by atoms with Crippen molar-refractivity contribution >= 4 is 21.8 Å². The van der Waals surface area contributed by atoms with Crippen LogP contribution in [-0.2, 0) is 21.2 Å². The third kappa shape index (κ3) is 5.26. The predicted octanol–water partition coefficient (Wildman–Crippen LogP) is 1.05. The lowest BCUT2D eigenvalue weighted by Crippen LogP contribution is -2.50. The van der Waals surface area contributed by atoms with Crippen LogP contribution >= 0.6 is 0 Å². The molecule has 198 valence electrons. The number of hydroxylamine groups is 1. The first-order valence-corrected chi connectivity index (χ1v) is 13.7. The van der Waals surface area contributed by atoms with Crippen LogP contribution in [0.25, 0.3) is 11.1 Å². The van der Waals surface area contributed by atoms with E-state index in [0.29, 0.717) is 28.9 Å². The number of hydrogen-bond acceptors (Lipinski definition) is 7. The third-order valence-corrected chi connectivity index (χ3v) is 9.09. The Kier molecular flexibility index (Phi) is 7.43. The normalized spacial score (nSPS) is 17.5. The highest BCUT2D eigenvalue weighted by Crippen LogP contribution is 2.30. The number of aliphatic hydroxyl groups is 1. The molecule has 2 aliphatic heterocycles. The average Bonchev–Trinajstić information content (AvgIpc) is 3.36. The highest BCUT2D eigenvalue weighted by Gasteiger charge is 2.44. The first-order valence-electron chi connectivity index (χ1n) is 11.8. The number of carbonyl (C=O) groups is 2. The Morgan fingerprint density at radius 3 is 2.59 bits per heavy atom. The van der Waals surface area contributed by atoms with Crippen LogP contribution in [0.1, 0.15) is 24.6 Å². The number of likely N-dealkylation sites (tertiary alicyclic amines) is 1. The number of benzene rings is 1. The van der Waals surface area contributed by atoms with Gasteiger partial charge in [0.2, 0.25) is 0 Å². The van der Waals surface area contributed by atoms with E-state index < -0.39 is 32.3 Å². The van der Waals surface area contributed by atoms with Gasteiger partial charge in [0, 0.05) is 66.9 Å². The number of hydrogen-bond donors (Lipinski definition) is 3. The molecular formula is C25H29FN4O6S. The summed E-state index contributed by atoms with van der Waals surface area (Å²) < 4.78 is 38.7. The lowest BCUT2D eigenvalue weighted by Gasteiger charge is -2.35. The molecule has 2 aromatic rings. The van der Waals surface area contributed by atoms with Crippen molar-refractivity contribution in [2.75, 3.05) is 39.0 Å². The maximum Gasteiger partial charge on any atom is 0.328 e. The van der Waals surface area contributed by atoms with Gasteiger partial charge in [-0.25, -0.2) is 23.1 Å². The summed E-state index contributed by atoms with van der Waals surface area (Å²) in [5.74, 6) is 4.79. The average molecular weight is 533 g/mol. The molecule has 1 atom stereocenters. The standard InChI is InChI=1S/C25H29FN4O6S/c1-25(23(32)27-34,37(2,35)36)7-8-29-16-20-12-19(15-30(20)24(29)33)21-6-5-17(11-22(21)26)3-4-18-13-28(14-18)9-10-31/h5-6,11-12,15,18,31,34H,7-10,13-14,16H2,1-2H3,(H,27,32). The number of nitrogens with zero attached hydrogens (tertiary/aromatic N) is 3. The lowest BCUT2D eigenvalue weighted by molar-refractivity contribution is -0.131. The van der Waals surface area contributed by atoms with Crippen LogP contribution in [0.3, 0.4) is 0 Å². The molecule has 0 bridgehead atoms. The maximum absolute atomic E-state index is 14.9. The lowest BCUT2D eigenvalue weighted by atomic mass is 10.00. The number of fused-ring (bicyclic) bond motifs is 1. The van der Waals surface area contributed by atoms with E-state index in [2.05, 4.69) is 16.7 Å². The van der Waals surface area contributed by atoms with Gasteiger partial charge in [-0.3, -0.25) is 19.5 Å². The molecule has 1 aromatic carbocycles. The molecule has 0 radical (unpaired) electrons. The van der Waals surface area contributed by atoms with Crippen molar-refractivity contribution in [3.63, 3.8) is 0 Å². The molecule has 3 heterocycles. The van der Waals surface area contributed by atoms with Gasteiger partial charge in [0.25, 0.3) is 5.91 Å². The minimum atomic E-state index is -3.88. The van der Waals surface area contributed by atoms with Crippen molar-refractivity contribution in [1.29, 1.82) is 0 Å². The maximum atomic E-state index is 14.9. The second-order valence-corrected chi connectivity index (χ2v) is 12.1. The van der Waals surface area contributed by atoms with Crippen molar-refractivity contribution in [2.45, 2.75) is 24.6 Å². The molecule has 12 heteroatoms. The molecule has 1 aromatic heterocycles. The van der Waals surface area contributed by atoms with Gasteiger partial charge in [0.05, 0.1) is 13.2 Å². The molecule has 10 nitrogen and oxygen atoms in total. The molecule has 2 aliphatic rings. The monoisotopic (exact) mass is 532 g/mol. The minimum absolute atomic E-state index is 0.0344. The summed E-state index contributed by atoms with van der Waals surface area (Å²) >= 11 is 0. The van der Waals surface area contributed by atoms with Crippen LogP contribution in [-0.4, -0.2) is 88.8 Å². The quantitative estimate of drug-likeness (QED) is 0.263. The summed E-state index contributed by atoms with van der Waals surface area (Å²) in [7, 11) is -3.88. The SMILES string of the molecule is CC(CCN1Cc2cc(-c3ccc(C#CC4CN(CCO)C4)cc3F)cn2C1=O)(C(=O)NO)S(C)(=O)=O. The minimum Gasteiger partial charge on any atom is -0.395 e. The van der Waals surface area contributed by atoms with E-state index in [0.717, 1.165) is 19.3 Å². The molecule has 4 rings (SSSR count). The van der Waals surface area contributed by atoms with Crippen LogP contribution < -0.4 is 5.48 Å². The number of aromatic nitrogens is 1. The molecule has 1 fully saturated rings. The number of aliphatic hydroxyl groups excluding tert-OH is 1. The van der Waals surface area contributed by atoms with Gasteiger partial charge in [-0.2, -0.15) is 0 Å². The van der Waals surface area contributed by atoms with Crippen LogP contribution in [0.2, 0.25) is 0 Å². The Labute approximate surface area is 214 Å². The van der Waals surface area contributed by atoms with Gasteiger partial charge in [0.15, 0.2) is 14.6 Å². The van der Waals surface area contributed by atoms with Gasteiger partial charge in [-0.1, -0.05) is 17.9 Å². The zero-order valence-corrected chi connectivity index (χ0v) is 21.4. The number of sulfone groups is 1. The Hall–Kier alpha value is -3.24. The fourth-order valence-corrected chi connectivity index (χ4v) is 5.32. The van der Waals surface area contributed by atoms with Crippen LogP contribution in [0, 0.1) is 23.6 Å². The molecule has 37 heavy (non-hydrogen) atoms. The molecule has 0 spiro atoms. The number of carbonyl (C=O) groups excluding carboxylic acids is 2. The largest absolute Gasteiger partial charge is 0.395 e. The number of β-amino-alcohol motifs (C(OH)–C–C–N with tert-alkyl or cyclic N) is 1. The summed E-state index contributed by atoms with van der Waals surface area (Å²) in [6.45, 7) is 3.65. The van der Waals surface area contributed by atoms with E-state index in [1.165, 1.54) is 34.1 Å². The van der Waals surface area contributed by atoms with Crippen LogP contribution in [0.5, 0.6) is 0 Å². The highest BCUT2D eigenvalue weighted by atomic mass is 32.2. The Morgan fingerprint density at radius 2 is 2.00 bits per heavy atom. The van der Waals surface area contributed by atoms with Gasteiger partial charge < -0.3 is 10.0 Å². The second kappa shape index (κ2) is 10.3. The van der Waals surface area contributed by atoms with E-state index in [4.69, 9.17) is 10.3 Å². The zero-order valence-electron chi connectivity index (χ0n) is 20.6. The van der Waals surface area contributed by atoms with Gasteiger partial charge in [0.1, 0.15) is 5.82 Å². The van der Waals surface area contributed by atoms with Crippen LogP contribution in [0.15, 0.2) is 30.5 Å². The Balaban J connectivity index is 1.42. The number of rotatable bonds is 8. The Morgan fingerprint density at radius 1 is 1.27 bits per heavy atom. The summed E-state index contributed by atoms with van der Waals surface area (Å²) in [4.78, 5) is 28.4. The molecule has 1 unspecified atom stereocenters. The number of amides is 2. The van der Waals surface area contributed by atoms with E-state index in [9.17, 15) is 22.4 Å². The summed E-state index contributed by atoms with van der Waals surface area (Å²) in [5.41, 5.74) is 3.40. The molecule has 2 amide bonds. The first kappa shape index (κ1) is 26.8. The second-order valence-electron chi connectivity index (χ2n) is 9.63. The summed E-state index contributed by atoms with van der Waals surface area (Å²) in [6, 6.07) is 5.99. The van der Waals surface area contributed by atoms with Crippen molar-refractivity contribution in [3.05, 3.63) is 47.5 Å². The third-order valence-electron chi connectivity index (χ3n) is 7.06. The van der Waals surface area contributed by atoms with Crippen molar-refractivity contribution in [2.24, 2.45) is 5.92 Å². The molecule has 1 saturated heterocycles. The summed E-state index contributed by atoms with van der Waals surface area (Å²) in [5, 5.41) is 17.9. The van der Waals surface area contributed by atoms with Crippen LogP contribution in [0.4, 0.5) is 9.18 Å². The zero-order chi connectivity index (χ0) is 27.0. The topological polar surface area (TPSA) is 132 Å². The smallest absolute Gasteiger partial charge is 0.328 e.